The molecule has 19 heavy (non-hydrogen) atoms. The van der Waals surface area contributed by atoms with Crippen molar-refractivity contribution in [3.8, 4) is 0 Å². The molecule has 0 bridgehead atoms. The van der Waals surface area contributed by atoms with Gasteiger partial charge in [-0.1, -0.05) is 36.4 Å². The maximum Gasteiger partial charge on any atom is 0.305 e. The number of nitrogens with zero attached hydrogens (tertiary/aromatic N) is 1. The zero-order valence-corrected chi connectivity index (χ0v) is 10.6. The maximum atomic E-state index is 11.6. The Morgan fingerprint density at radius 3 is 2.42 bits per heavy atom. The number of benzene rings is 1. The summed E-state index contributed by atoms with van der Waals surface area (Å²) in [6.07, 6.45) is 2.55. The lowest BCUT2D eigenvalue weighted by molar-refractivity contribution is -0.143. The summed E-state index contributed by atoms with van der Waals surface area (Å²) in [5.41, 5.74) is 0.817. The van der Waals surface area contributed by atoms with E-state index in [-0.39, 0.29) is 13.0 Å². The van der Waals surface area contributed by atoms with Gasteiger partial charge in [0.1, 0.15) is 0 Å². The summed E-state index contributed by atoms with van der Waals surface area (Å²) in [5.74, 6) is -2.39. The molecule has 1 amide bonds. The standard InChI is InChI=1S/C14H15NO4/c1-15(10-9-13(17)18)14(19)12(16)8-7-11-5-3-2-4-6-11/h2-8H,9-10H2,1H3,(H,17,18). The third-order valence-corrected chi connectivity index (χ3v) is 2.45. The van der Waals surface area contributed by atoms with Crippen LogP contribution in [0.25, 0.3) is 6.08 Å². The Kier molecular flexibility index (Phi) is 5.47. The number of carboxylic acids is 1. The van der Waals surface area contributed by atoms with Crippen LogP contribution in [0, 0.1) is 0 Å². The average Bonchev–Trinajstić information content (AvgIpc) is 2.42. The second-order valence-electron chi connectivity index (χ2n) is 3.98. The summed E-state index contributed by atoms with van der Waals surface area (Å²) >= 11 is 0. The van der Waals surface area contributed by atoms with E-state index in [2.05, 4.69) is 0 Å². The molecule has 0 atom stereocenters. The Labute approximate surface area is 111 Å². The minimum atomic E-state index is -1.01. The van der Waals surface area contributed by atoms with Gasteiger partial charge in [-0.3, -0.25) is 14.4 Å². The number of carbonyl (C=O) groups is 3. The summed E-state index contributed by atoms with van der Waals surface area (Å²) in [4.78, 5) is 34.7. The van der Waals surface area contributed by atoms with Crippen LogP contribution in [0.1, 0.15) is 12.0 Å². The summed E-state index contributed by atoms with van der Waals surface area (Å²) in [5, 5.41) is 8.50. The molecule has 0 saturated carbocycles. The Morgan fingerprint density at radius 2 is 1.84 bits per heavy atom. The third-order valence-electron chi connectivity index (χ3n) is 2.45. The van der Waals surface area contributed by atoms with E-state index in [0.717, 1.165) is 10.5 Å². The van der Waals surface area contributed by atoms with E-state index < -0.39 is 17.7 Å². The van der Waals surface area contributed by atoms with Crippen LogP contribution in [0.2, 0.25) is 0 Å². The van der Waals surface area contributed by atoms with Crippen LogP contribution in [0.3, 0.4) is 0 Å². The third kappa shape index (κ3) is 5.16. The monoisotopic (exact) mass is 261 g/mol. The fourth-order valence-corrected chi connectivity index (χ4v) is 1.36. The first kappa shape index (κ1) is 14.6. The van der Waals surface area contributed by atoms with Gasteiger partial charge in [0, 0.05) is 13.6 Å². The fourth-order valence-electron chi connectivity index (χ4n) is 1.36. The van der Waals surface area contributed by atoms with Crippen LogP contribution < -0.4 is 0 Å². The van der Waals surface area contributed by atoms with Crippen LogP contribution in [0.5, 0.6) is 0 Å². The highest BCUT2D eigenvalue weighted by Gasteiger charge is 2.16. The quantitative estimate of drug-likeness (QED) is 0.616. The van der Waals surface area contributed by atoms with Gasteiger partial charge >= 0.3 is 5.97 Å². The van der Waals surface area contributed by atoms with Crippen LogP contribution in [0.15, 0.2) is 36.4 Å². The Hall–Kier alpha value is -2.43. The van der Waals surface area contributed by atoms with Crippen molar-refractivity contribution in [2.75, 3.05) is 13.6 Å². The number of carbonyl (C=O) groups excluding carboxylic acids is 2. The highest BCUT2D eigenvalue weighted by atomic mass is 16.4. The largest absolute Gasteiger partial charge is 0.481 e. The summed E-state index contributed by atoms with van der Waals surface area (Å²) in [6.45, 7) is 0.0130. The van der Waals surface area contributed by atoms with Gasteiger partial charge in [-0.05, 0) is 11.6 Å². The average molecular weight is 261 g/mol. The molecule has 5 nitrogen and oxygen atoms in total. The fraction of sp³-hybridized carbons (Fsp3) is 0.214. The second kappa shape index (κ2) is 7.10. The molecule has 0 heterocycles. The molecular formula is C14H15NO4. The van der Waals surface area contributed by atoms with E-state index in [0.29, 0.717) is 0 Å². The summed E-state index contributed by atoms with van der Waals surface area (Å²) in [7, 11) is 1.40. The van der Waals surface area contributed by atoms with Gasteiger partial charge in [0.2, 0.25) is 5.78 Å². The zero-order valence-electron chi connectivity index (χ0n) is 10.6. The zero-order chi connectivity index (χ0) is 14.3. The molecule has 1 N–H and O–H groups in total. The van der Waals surface area contributed by atoms with E-state index in [4.69, 9.17) is 5.11 Å². The van der Waals surface area contributed by atoms with Crippen molar-refractivity contribution in [3.05, 3.63) is 42.0 Å². The van der Waals surface area contributed by atoms with Crippen molar-refractivity contribution in [3.63, 3.8) is 0 Å². The van der Waals surface area contributed by atoms with Gasteiger partial charge < -0.3 is 10.0 Å². The molecule has 0 aliphatic heterocycles. The predicted octanol–water partition coefficient (Wildman–Crippen LogP) is 1.20. The number of ketones is 1. The van der Waals surface area contributed by atoms with Crippen molar-refractivity contribution in [1.29, 1.82) is 0 Å². The normalized spacial score (nSPS) is 10.4. The molecule has 0 unspecified atom stereocenters. The minimum absolute atomic E-state index is 0.0130. The first-order valence-corrected chi connectivity index (χ1v) is 5.75. The first-order chi connectivity index (χ1) is 9.00. The van der Waals surface area contributed by atoms with Crippen molar-refractivity contribution < 1.29 is 19.5 Å². The number of hydrogen-bond acceptors (Lipinski definition) is 3. The lowest BCUT2D eigenvalue weighted by Gasteiger charge is -2.13. The van der Waals surface area contributed by atoms with Gasteiger partial charge in [-0.15, -0.1) is 0 Å². The molecule has 5 heteroatoms. The molecule has 0 aromatic heterocycles. The van der Waals surface area contributed by atoms with Crippen LogP contribution in [-0.4, -0.2) is 41.3 Å². The van der Waals surface area contributed by atoms with Crippen LogP contribution in [-0.2, 0) is 14.4 Å². The maximum absolute atomic E-state index is 11.6. The number of rotatable bonds is 6. The topological polar surface area (TPSA) is 74.7 Å². The number of aliphatic carboxylic acids is 1. The minimum Gasteiger partial charge on any atom is -0.481 e. The molecule has 0 saturated heterocycles. The summed E-state index contributed by atoms with van der Waals surface area (Å²) in [6, 6.07) is 9.12. The molecule has 0 radical (unpaired) electrons. The van der Waals surface area contributed by atoms with Gasteiger partial charge in [-0.2, -0.15) is 0 Å². The number of hydrogen-bond donors (Lipinski definition) is 1. The molecule has 0 aliphatic rings. The first-order valence-electron chi connectivity index (χ1n) is 5.75. The smallest absolute Gasteiger partial charge is 0.305 e. The van der Waals surface area contributed by atoms with E-state index in [9.17, 15) is 14.4 Å². The van der Waals surface area contributed by atoms with E-state index in [1.54, 1.807) is 6.08 Å². The predicted molar refractivity (Wildman–Crippen MR) is 70.4 cm³/mol. The second-order valence-corrected chi connectivity index (χ2v) is 3.98. The van der Waals surface area contributed by atoms with Gasteiger partial charge in [-0.25, -0.2) is 0 Å². The van der Waals surface area contributed by atoms with E-state index in [1.165, 1.54) is 13.1 Å². The molecule has 1 aromatic rings. The molecular weight excluding hydrogens is 246 g/mol. The van der Waals surface area contributed by atoms with Crippen molar-refractivity contribution in [2.24, 2.45) is 0 Å². The molecule has 1 aromatic carbocycles. The molecule has 0 aliphatic carbocycles. The van der Waals surface area contributed by atoms with Crippen molar-refractivity contribution in [1.82, 2.24) is 4.90 Å². The Balaban J connectivity index is 2.55. The van der Waals surface area contributed by atoms with Crippen molar-refractivity contribution >= 4 is 23.7 Å². The number of carboxylic acid groups (broad SMARTS) is 1. The SMILES string of the molecule is CN(CCC(=O)O)C(=O)C(=O)C=Cc1ccccc1. The van der Waals surface area contributed by atoms with Gasteiger partial charge in [0.15, 0.2) is 0 Å². The Morgan fingerprint density at radius 1 is 1.21 bits per heavy atom. The number of amides is 1. The molecule has 1 rings (SSSR count). The lowest BCUT2D eigenvalue weighted by Crippen LogP contribution is -2.33. The number of likely N-dealkylation sites (N-methyl/N-ethyl adjacent to an activating group) is 1. The van der Waals surface area contributed by atoms with Crippen LogP contribution >= 0.6 is 0 Å². The molecule has 0 fully saturated rings. The Bertz CT molecular complexity index is 493. The van der Waals surface area contributed by atoms with Crippen molar-refractivity contribution in [2.45, 2.75) is 6.42 Å². The highest BCUT2D eigenvalue weighted by Crippen LogP contribution is 2.01. The molecule has 100 valence electrons. The molecule has 0 spiro atoms. The van der Waals surface area contributed by atoms with Crippen LogP contribution in [0.4, 0.5) is 0 Å². The summed E-state index contributed by atoms with van der Waals surface area (Å²) < 4.78 is 0. The van der Waals surface area contributed by atoms with E-state index >= 15 is 0 Å². The van der Waals surface area contributed by atoms with Gasteiger partial charge in [0.05, 0.1) is 6.42 Å². The van der Waals surface area contributed by atoms with E-state index in [1.807, 2.05) is 30.3 Å². The lowest BCUT2D eigenvalue weighted by atomic mass is 10.2. The van der Waals surface area contributed by atoms with Gasteiger partial charge in [0.25, 0.3) is 5.91 Å². The highest BCUT2D eigenvalue weighted by molar-refractivity contribution is 6.41.